The molecule has 0 saturated carbocycles. The smallest absolute Gasteiger partial charge is 0.417 e. The summed E-state index contributed by atoms with van der Waals surface area (Å²) in [6.07, 6.45) is 6.39. The van der Waals surface area contributed by atoms with Crippen LogP contribution in [0.15, 0.2) is 42.5 Å². The Kier molecular flexibility index (Phi) is 5.55. The third-order valence-corrected chi connectivity index (χ3v) is 3.50. The maximum atomic E-state index is 12.2. The quantitative estimate of drug-likeness (QED) is 0.595. The number of imide groups is 1. The van der Waals surface area contributed by atoms with Gasteiger partial charge in [0.1, 0.15) is 6.61 Å². The predicted octanol–water partition coefficient (Wildman–Crippen LogP) is 3.32. The second-order valence-electron chi connectivity index (χ2n) is 5.17. The standard InChI is InChI=1S/C17H21NO3/c1-2-3-4-8-11-16(19)18-15(13-21-17(18)20)12-14-9-6-5-7-10-14/h5-11,15H,2-4,12-13H2,1H3/b11-8+/t15-/m0/s1. The van der Waals surface area contributed by atoms with Crippen LogP contribution in [0.5, 0.6) is 0 Å². The van der Waals surface area contributed by atoms with E-state index < -0.39 is 6.09 Å². The Morgan fingerprint density at radius 1 is 1.38 bits per heavy atom. The van der Waals surface area contributed by atoms with Crippen molar-refractivity contribution < 1.29 is 14.3 Å². The third-order valence-electron chi connectivity index (χ3n) is 3.50. The van der Waals surface area contributed by atoms with E-state index in [2.05, 4.69) is 6.92 Å². The Balaban J connectivity index is 1.99. The van der Waals surface area contributed by atoms with Gasteiger partial charge < -0.3 is 4.74 Å². The first-order valence-corrected chi connectivity index (χ1v) is 7.42. The van der Waals surface area contributed by atoms with Crippen molar-refractivity contribution in [2.24, 2.45) is 0 Å². The summed E-state index contributed by atoms with van der Waals surface area (Å²) in [6.45, 7) is 2.37. The highest BCUT2D eigenvalue weighted by atomic mass is 16.6. The first-order chi connectivity index (χ1) is 10.2. The molecule has 4 heteroatoms. The first-order valence-electron chi connectivity index (χ1n) is 7.42. The summed E-state index contributed by atoms with van der Waals surface area (Å²) in [4.78, 5) is 25.1. The fraction of sp³-hybridized carbons (Fsp3) is 0.412. The minimum atomic E-state index is -0.541. The highest BCUT2D eigenvalue weighted by molar-refractivity contribution is 5.99. The number of amides is 2. The highest BCUT2D eigenvalue weighted by Gasteiger charge is 2.36. The van der Waals surface area contributed by atoms with E-state index in [1.54, 1.807) is 0 Å². The zero-order valence-corrected chi connectivity index (χ0v) is 12.3. The molecule has 0 bridgehead atoms. The number of nitrogens with zero attached hydrogens (tertiary/aromatic N) is 1. The van der Waals surface area contributed by atoms with Gasteiger partial charge in [0.05, 0.1) is 6.04 Å². The summed E-state index contributed by atoms with van der Waals surface area (Å²) < 4.78 is 5.03. The molecule has 0 radical (unpaired) electrons. The molecular formula is C17H21NO3. The Morgan fingerprint density at radius 3 is 2.86 bits per heavy atom. The van der Waals surface area contributed by atoms with Crippen molar-refractivity contribution >= 4 is 12.0 Å². The van der Waals surface area contributed by atoms with E-state index in [9.17, 15) is 9.59 Å². The van der Waals surface area contributed by atoms with Gasteiger partial charge in [-0.05, 0) is 24.5 Å². The number of allylic oxidation sites excluding steroid dienone is 1. The van der Waals surface area contributed by atoms with Gasteiger partial charge in [-0.3, -0.25) is 4.79 Å². The lowest BCUT2D eigenvalue weighted by Gasteiger charge is -2.18. The van der Waals surface area contributed by atoms with Crippen LogP contribution in [-0.2, 0) is 16.0 Å². The molecule has 1 aliphatic heterocycles. The lowest BCUT2D eigenvalue weighted by atomic mass is 10.1. The number of hydrogen-bond donors (Lipinski definition) is 0. The highest BCUT2D eigenvalue weighted by Crippen LogP contribution is 2.18. The van der Waals surface area contributed by atoms with Crippen LogP contribution in [0, 0.1) is 0 Å². The molecule has 1 aliphatic rings. The van der Waals surface area contributed by atoms with Gasteiger partial charge in [-0.2, -0.15) is 0 Å². The van der Waals surface area contributed by atoms with E-state index in [1.165, 1.54) is 11.0 Å². The van der Waals surface area contributed by atoms with Gasteiger partial charge in [-0.1, -0.05) is 56.2 Å². The fourth-order valence-electron chi connectivity index (χ4n) is 2.35. The summed E-state index contributed by atoms with van der Waals surface area (Å²) in [5.74, 6) is -0.283. The summed E-state index contributed by atoms with van der Waals surface area (Å²) in [6, 6.07) is 9.60. The lowest BCUT2D eigenvalue weighted by molar-refractivity contribution is -0.124. The molecule has 1 aromatic carbocycles. The molecule has 1 aromatic rings. The number of cyclic esters (lactones) is 1. The van der Waals surface area contributed by atoms with Crippen molar-refractivity contribution in [1.29, 1.82) is 0 Å². The summed E-state index contributed by atoms with van der Waals surface area (Å²) in [5.41, 5.74) is 1.09. The molecule has 0 N–H and O–H groups in total. The Hall–Kier alpha value is -2.10. The van der Waals surface area contributed by atoms with Crippen LogP contribution in [0.1, 0.15) is 31.7 Å². The molecule has 0 spiro atoms. The van der Waals surface area contributed by atoms with Crippen molar-refractivity contribution in [3.05, 3.63) is 48.0 Å². The van der Waals surface area contributed by atoms with Gasteiger partial charge in [-0.15, -0.1) is 0 Å². The lowest BCUT2D eigenvalue weighted by Crippen LogP contribution is -2.39. The Bertz CT molecular complexity index is 510. The first kappa shape index (κ1) is 15.3. The average Bonchev–Trinajstić information content (AvgIpc) is 2.85. The third kappa shape index (κ3) is 4.18. The van der Waals surface area contributed by atoms with Crippen molar-refractivity contribution in [3.8, 4) is 0 Å². The summed E-state index contributed by atoms with van der Waals surface area (Å²) >= 11 is 0. The van der Waals surface area contributed by atoms with Crippen LogP contribution in [0.4, 0.5) is 4.79 Å². The van der Waals surface area contributed by atoms with Crippen molar-refractivity contribution in [2.75, 3.05) is 6.61 Å². The number of carbonyl (C=O) groups excluding carboxylic acids is 2. The fourth-order valence-corrected chi connectivity index (χ4v) is 2.35. The largest absolute Gasteiger partial charge is 0.447 e. The number of hydrogen-bond acceptors (Lipinski definition) is 3. The van der Waals surface area contributed by atoms with E-state index >= 15 is 0 Å². The van der Waals surface area contributed by atoms with Crippen LogP contribution < -0.4 is 0 Å². The molecule has 21 heavy (non-hydrogen) atoms. The molecule has 1 heterocycles. The summed E-state index contributed by atoms with van der Waals surface area (Å²) in [7, 11) is 0. The van der Waals surface area contributed by atoms with Crippen LogP contribution in [0.25, 0.3) is 0 Å². The molecule has 1 fully saturated rings. The van der Waals surface area contributed by atoms with E-state index in [0.29, 0.717) is 6.42 Å². The zero-order valence-electron chi connectivity index (χ0n) is 12.3. The van der Waals surface area contributed by atoms with Crippen LogP contribution in [-0.4, -0.2) is 29.5 Å². The number of carbonyl (C=O) groups is 2. The number of benzene rings is 1. The Morgan fingerprint density at radius 2 is 2.14 bits per heavy atom. The van der Waals surface area contributed by atoms with Crippen molar-refractivity contribution in [1.82, 2.24) is 4.90 Å². The Labute approximate surface area is 125 Å². The van der Waals surface area contributed by atoms with Crippen molar-refractivity contribution in [2.45, 2.75) is 38.6 Å². The van der Waals surface area contributed by atoms with E-state index in [0.717, 1.165) is 24.8 Å². The van der Waals surface area contributed by atoms with Gasteiger partial charge in [0, 0.05) is 0 Å². The number of unbranched alkanes of at least 4 members (excludes halogenated alkanes) is 2. The number of ether oxygens (including phenoxy) is 1. The summed E-state index contributed by atoms with van der Waals surface area (Å²) in [5, 5.41) is 0. The van der Waals surface area contributed by atoms with Gasteiger partial charge in [0.2, 0.25) is 0 Å². The molecule has 0 unspecified atom stereocenters. The predicted molar refractivity (Wildman–Crippen MR) is 80.8 cm³/mol. The second kappa shape index (κ2) is 7.62. The maximum Gasteiger partial charge on any atom is 0.417 e. The van der Waals surface area contributed by atoms with Crippen LogP contribution in [0.2, 0.25) is 0 Å². The molecule has 1 saturated heterocycles. The van der Waals surface area contributed by atoms with Gasteiger partial charge >= 0.3 is 6.09 Å². The van der Waals surface area contributed by atoms with E-state index in [-0.39, 0.29) is 18.6 Å². The molecular weight excluding hydrogens is 266 g/mol. The minimum absolute atomic E-state index is 0.219. The van der Waals surface area contributed by atoms with E-state index in [4.69, 9.17) is 4.74 Å². The second-order valence-corrected chi connectivity index (χ2v) is 5.17. The van der Waals surface area contributed by atoms with Gasteiger partial charge in [0.15, 0.2) is 0 Å². The van der Waals surface area contributed by atoms with E-state index in [1.807, 2.05) is 36.4 Å². The van der Waals surface area contributed by atoms with Crippen LogP contribution in [0.3, 0.4) is 0 Å². The minimum Gasteiger partial charge on any atom is -0.447 e. The maximum absolute atomic E-state index is 12.2. The SMILES string of the molecule is CCCC/C=C/C(=O)N1C(=O)OC[C@@H]1Cc1ccccc1. The molecule has 112 valence electrons. The molecule has 2 amide bonds. The van der Waals surface area contributed by atoms with Gasteiger partial charge in [0.25, 0.3) is 5.91 Å². The van der Waals surface area contributed by atoms with Gasteiger partial charge in [-0.25, -0.2) is 9.69 Å². The normalized spacial score (nSPS) is 18.2. The molecule has 0 aliphatic carbocycles. The molecule has 4 nitrogen and oxygen atoms in total. The average molecular weight is 287 g/mol. The molecule has 0 aromatic heterocycles. The zero-order chi connectivity index (χ0) is 15.1. The van der Waals surface area contributed by atoms with Crippen LogP contribution >= 0.6 is 0 Å². The topological polar surface area (TPSA) is 46.6 Å². The monoisotopic (exact) mass is 287 g/mol. The molecule has 1 atom stereocenters. The van der Waals surface area contributed by atoms with Crippen molar-refractivity contribution in [3.63, 3.8) is 0 Å². The molecule has 2 rings (SSSR count). The number of rotatable bonds is 6.